The van der Waals surface area contributed by atoms with Gasteiger partial charge in [0.2, 0.25) is 0 Å². The summed E-state index contributed by atoms with van der Waals surface area (Å²) >= 11 is 0. The summed E-state index contributed by atoms with van der Waals surface area (Å²) in [6, 6.07) is 8.54. The van der Waals surface area contributed by atoms with Crippen molar-refractivity contribution in [1.82, 2.24) is 0 Å². The number of phenols is 2. The molecule has 0 radical (unpaired) electrons. The number of hydrogen-bond donors (Lipinski definition) is 3. The van der Waals surface area contributed by atoms with Crippen LogP contribution in [0.2, 0.25) is 0 Å². The summed E-state index contributed by atoms with van der Waals surface area (Å²) in [5, 5.41) is 29.8. The van der Waals surface area contributed by atoms with E-state index in [1.165, 1.54) is 11.1 Å². The summed E-state index contributed by atoms with van der Waals surface area (Å²) in [4.78, 5) is 9.25. The molecule has 188 valence electrons. The number of hydrogen-bond acceptors (Lipinski definition) is 3. The Morgan fingerprint density at radius 2 is 1.12 bits per heavy atom. The average Bonchev–Trinajstić information content (AvgIpc) is 2.71. The highest BCUT2D eigenvalue weighted by atomic mass is 16.4. The van der Waals surface area contributed by atoms with Crippen molar-refractivity contribution in [3.63, 3.8) is 0 Å². The van der Waals surface area contributed by atoms with Crippen LogP contribution in [0.4, 0.5) is 0 Å². The Kier molecular flexibility index (Phi) is 10.4. The van der Waals surface area contributed by atoms with Crippen LogP contribution in [-0.2, 0) is 34.9 Å². The first-order valence-corrected chi connectivity index (χ1v) is 12.2. The zero-order valence-electron chi connectivity index (χ0n) is 22.4. The summed E-state index contributed by atoms with van der Waals surface area (Å²) in [5.41, 5.74) is 6.03. The van der Waals surface area contributed by atoms with Gasteiger partial charge in [-0.1, -0.05) is 99.1 Å². The van der Waals surface area contributed by atoms with Crippen LogP contribution in [-0.4, -0.2) is 21.3 Å². The fraction of sp³-hybridized carbons (Fsp3) is 0.500. The number of rotatable bonds is 7. The summed E-state index contributed by atoms with van der Waals surface area (Å²) in [5.74, 6) is -0.241. The standard InChI is InChI=1S/C27H40O2.C3H4O2/c1-9-11-18-13-20(24(28)22(15-18)26(3,4)5)17-21-14-19(12-10-2)16-23(25(21)29)27(6,7)8;1-2-3(4)5/h13-16,28-29H,9-12,17H2,1-8H3;2H,1H2,(H,4,5). The first-order chi connectivity index (χ1) is 15.6. The van der Waals surface area contributed by atoms with Crippen LogP contribution >= 0.6 is 0 Å². The normalized spacial score (nSPS) is 11.5. The molecule has 0 aliphatic heterocycles. The van der Waals surface area contributed by atoms with Crippen molar-refractivity contribution in [2.75, 3.05) is 0 Å². The van der Waals surface area contributed by atoms with Crippen molar-refractivity contribution in [1.29, 1.82) is 0 Å². The van der Waals surface area contributed by atoms with E-state index in [4.69, 9.17) is 5.11 Å². The van der Waals surface area contributed by atoms with Gasteiger partial charge in [0.1, 0.15) is 11.5 Å². The molecular weight excluding hydrogens is 424 g/mol. The van der Waals surface area contributed by atoms with E-state index in [2.05, 4.69) is 86.2 Å². The van der Waals surface area contributed by atoms with Crippen molar-refractivity contribution in [3.8, 4) is 11.5 Å². The third kappa shape index (κ3) is 8.23. The predicted molar refractivity (Wildman–Crippen MR) is 142 cm³/mol. The maximum absolute atomic E-state index is 11.1. The van der Waals surface area contributed by atoms with E-state index in [-0.39, 0.29) is 10.8 Å². The van der Waals surface area contributed by atoms with Crippen molar-refractivity contribution < 1.29 is 20.1 Å². The van der Waals surface area contributed by atoms with Crippen molar-refractivity contribution >= 4 is 5.97 Å². The Balaban J connectivity index is 0.00000104. The van der Waals surface area contributed by atoms with E-state index >= 15 is 0 Å². The highest BCUT2D eigenvalue weighted by Gasteiger charge is 2.24. The van der Waals surface area contributed by atoms with Crippen molar-refractivity contribution in [3.05, 3.63) is 70.3 Å². The fourth-order valence-corrected chi connectivity index (χ4v) is 4.01. The fourth-order valence-electron chi connectivity index (χ4n) is 4.01. The molecule has 2 aromatic rings. The van der Waals surface area contributed by atoms with Crippen molar-refractivity contribution in [2.45, 2.75) is 98.3 Å². The molecule has 4 heteroatoms. The molecule has 2 rings (SSSR count). The number of aliphatic carboxylic acids is 1. The van der Waals surface area contributed by atoms with Gasteiger partial charge in [-0.25, -0.2) is 4.79 Å². The highest BCUT2D eigenvalue weighted by Crippen LogP contribution is 2.39. The Labute approximate surface area is 206 Å². The van der Waals surface area contributed by atoms with Gasteiger partial charge in [0.05, 0.1) is 0 Å². The minimum Gasteiger partial charge on any atom is -0.507 e. The number of phenolic OH excluding ortho intramolecular Hbond substituents is 2. The molecule has 2 aromatic carbocycles. The minimum atomic E-state index is -0.981. The molecule has 3 N–H and O–H groups in total. The van der Waals surface area contributed by atoms with E-state index in [1.54, 1.807) is 0 Å². The average molecular weight is 469 g/mol. The number of carbonyl (C=O) groups is 1. The lowest BCUT2D eigenvalue weighted by molar-refractivity contribution is -0.131. The van der Waals surface area contributed by atoms with Crippen LogP contribution < -0.4 is 0 Å². The molecule has 0 fully saturated rings. The second-order valence-corrected chi connectivity index (χ2v) is 11.0. The predicted octanol–water partition coefficient (Wildman–Crippen LogP) is 7.45. The molecule has 0 atom stereocenters. The molecule has 0 unspecified atom stereocenters. The Morgan fingerprint density at radius 1 is 0.794 bits per heavy atom. The number of benzene rings is 2. The van der Waals surface area contributed by atoms with Crippen molar-refractivity contribution in [2.24, 2.45) is 0 Å². The molecule has 0 aliphatic rings. The second kappa shape index (κ2) is 12.1. The van der Waals surface area contributed by atoms with E-state index in [0.29, 0.717) is 17.9 Å². The minimum absolute atomic E-state index is 0.134. The van der Waals surface area contributed by atoms with Gasteiger partial charge in [-0.2, -0.15) is 0 Å². The first kappa shape index (κ1) is 29.3. The lowest BCUT2D eigenvalue weighted by Gasteiger charge is -2.25. The maximum Gasteiger partial charge on any atom is 0.327 e. The van der Waals surface area contributed by atoms with Crippen LogP contribution in [0.25, 0.3) is 0 Å². The second-order valence-electron chi connectivity index (χ2n) is 11.0. The van der Waals surface area contributed by atoms with Crippen LogP contribution in [0.5, 0.6) is 11.5 Å². The number of aromatic hydroxyl groups is 2. The molecule has 4 nitrogen and oxygen atoms in total. The lowest BCUT2D eigenvalue weighted by Crippen LogP contribution is -2.14. The highest BCUT2D eigenvalue weighted by molar-refractivity contribution is 5.78. The zero-order chi connectivity index (χ0) is 26.3. The Morgan fingerprint density at radius 3 is 1.35 bits per heavy atom. The monoisotopic (exact) mass is 468 g/mol. The smallest absolute Gasteiger partial charge is 0.327 e. The number of aryl methyl sites for hydroxylation is 2. The maximum atomic E-state index is 11.1. The van der Waals surface area contributed by atoms with E-state index < -0.39 is 5.97 Å². The summed E-state index contributed by atoms with van der Waals surface area (Å²) < 4.78 is 0. The Hall–Kier alpha value is -2.75. The molecule has 0 bridgehead atoms. The van der Waals surface area contributed by atoms with Crippen LogP contribution in [0.15, 0.2) is 36.9 Å². The molecule has 0 spiro atoms. The quantitative estimate of drug-likeness (QED) is 0.369. The van der Waals surface area contributed by atoms with Gasteiger partial charge in [0.15, 0.2) is 0 Å². The van der Waals surface area contributed by atoms with E-state index in [9.17, 15) is 15.0 Å². The summed E-state index contributed by atoms with van der Waals surface area (Å²) in [6.45, 7) is 20.1. The SMILES string of the molecule is C=CC(=O)O.CCCc1cc(Cc2cc(CCC)cc(C(C)(C)C)c2O)c(O)c(C(C)(C)C)c1. The summed E-state index contributed by atoms with van der Waals surface area (Å²) in [7, 11) is 0. The van der Waals surface area contributed by atoms with Crippen LogP contribution in [0.3, 0.4) is 0 Å². The summed E-state index contributed by atoms with van der Waals surface area (Å²) in [6.07, 6.45) is 5.49. The zero-order valence-corrected chi connectivity index (χ0v) is 22.4. The third-order valence-corrected chi connectivity index (χ3v) is 5.75. The molecule has 0 saturated heterocycles. The molecule has 0 amide bonds. The number of carboxylic acid groups (broad SMARTS) is 1. The van der Waals surface area contributed by atoms with E-state index in [0.717, 1.165) is 54.0 Å². The number of carboxylic acids is 1. The molecule has 34 heavy (non-hydrogen) atoms. The van der Waals surface area contributed by atoms with Gasteiger partial charge < -0.3 is 15.3 Å². The topological polar surface area (TPSA) is 77.8 Å². The first-order valence-electron chi connectivity index (χ1n) is 12.2. The largest absolute Gasteiger partial charge is 0.507 e. The van der Waals surface area contributed by atoms with Gasteiger partial charge in [-0.3, -0.25) is 0 Å². The van der Waals surface area contributed by atoms with Crippen LogP contribution in [0, 0.1) is 0 Å². The van der Waals surface area contributed by atoms with Gasteiger partial charge in [-0.05, 0) is 57.1 Å². The lowest BCUT2D eigenvalue weighted by atomic mass is 9.81. The van der Waals surface area contributed by atoms with Gasteiger partial charge >= 0.3 is 5.97 Å². The molecule has 0 heterocycles. The van der Waals surface area contributed by atoms with Gasteiger partial charge in [0, 0.05) is 12.5 Å². The Bertz CT molecular complexity index is 917. The van der Waals surface area contributed by atoms with E-state index in [1.807, 2.05) is 0 Å². The molecule has 0 aliphatic carbocycles. The third-order valence-electron chi connectivity index (χ3n) is 5.75. The molecular formula is C30H44O4. The van der Waals surface area contributed by atoms with Gasteiger partial charge in [0.25, 0.3) is 0 Å². The van der Waals surface area contributed by atoms with Crippen LogP contribution in [0.1, 0.15) is 102 Å². The molecule has 0 saturated carbocycles. The molecule has 0 aromatic heterocycles. The van der Waals surface area contributed by atoms with Gasteiger partial charge in [-0.15, -0.1) is 0 Å².